The first-order valence-corrected chi connectivity index (χ1v) is 13.0. The zero-order valence-corrected chi connectivity index (χ0v) is 23.7. The number of halogens is 5. The highest BCUT2D eigenvalue weighted by Crippen LogP contribution is 2.38. The lowest BCUT2D eigenvalue weighted by molar-refractivity contribution is -0.192. The van der Waals surface area contributed by atoms with Crippen molar-refractivity contribution in [3.8, 4) is 22.9 Å². The number of ether oxygens (including phenoxy) is 2. The van der Waals surface area contributed by atoms with Crippen LogP contribution < -0.4 is 20.1 Å². The average molecular weight is 621 g/mol. The summed E-state index contributed by atoms with van der Waals surface area (Å²) in [5, 5.41) is 21.8. The summed E-state index contributed by atoms with van der Waals surface area (Å²) in [7, 11) is 0. The highest BCUT2D eigenvalue weighted by atomic mass is 19.4. The third-order valence-electron chi connectivity index (χ3n) is 5.64. The first kappa shape index (κ1) is 33.3. The van der Waals surface area contributed by atoms with E-state index in [0.29, 0.717) is 29.4 Å². The Morgan fingerprint density at radius 3 is 2.30 bits per heavy atom. The highest BCUT2D eigenvalue weighted by molar-refractivity contribution is 5.95. The fourth-order valence-electron chi connectivity index (χ4n) is 3.76. The van der Waals surface area contributed by atoms with E-state index < -0.39 is 23.8 Å². The number of hydrogen-bond donors (Lipinski definition) is 4. The van der Waals surface area contributed by atoms with E-state index in [-0.39, 0.29) is 41.3 Å². The van der Waals surface area contributed by atoms with Crippen LogP contribution in [0.2, 0.25) is 0 Å². The summed E-state index contributed by atoms with van der Waals surface area (Å²) >= 11 is 0. The van der Waals surface area contributed by atoms with Crippen LogP contribution in [0, 0.1) is 17.0 Å². The molecule has 0 radical (unpaired) electrons. The second-order valence-corrected chi connectivity index (χ2v) is 9.29. The molecule has 0 bridgehead atoms. The normalized spacial score (nSPS) is 11.0. The quantitative estimate of drug-likeness (QED) is 0.0931. The molecule has 5 N–H and O–H groups in total. The standard InChI is InChI=1S/C27H28F2N6O2.C2HF3O2/c1-4-36-19-13-22(25(29)23(14-19)37-16(2)3)35(18-11-9-17(10-12-18)26(30)31)15-24-32-27(34-33-24)20-7-5-6-8-21(20)28;3-2(4,5)1(6)7/h5-14,16H,4,15H2,1-3H3,(H3,30,31)(H,32,33,34);(H,6,7). The molecule has 44 heavy (non-hydrogen) atoms. The molecule has 1 aromatic heterocycles. The van der Waals surface area contributed by atoms with Crippen molar-refractivity contribution >= 4 is 23.2 Å². The molecule has 4 rings (SSSR count). The van der Waals surface area contributed by atoms with Crippen LogP contribution in [0.3, 0.4) is 0 Å². The van der Waals surface area contributed by atoms with Crippen LogP contribution >= 0.6 is 0 Å². The number of H-pyrrole nitrogens is 1. The number of nitrogens with zero attached hydrogens (tertiary/aromatic N) is 3. The van der Waals surface area contributed by atoms with E-state index >= 15 is 4.39 Å². The average Bonchev–Trinajstić information content (AvgIpc) is 3.42. The molecule has 0 spiro atoms. The van der Waals surface area contributed by atoms with Crippen molar-refractivity contribution in [1.29, 1.82) is 5.41 Å². The maximum absolute atomic E-state index is 15.9. The minimum Gasteiger partial charge on any atom is -0.494 e. The van der Waals surface area contributed by atoms with Gasteiger partial charge in [0.1, 0.15) is 23.2 Å². The zero-order chi connectivity index (χ0) is 32.6. The van der Waals surface area contributed by atoms with Crippen molar-refractivity contribution in [2.24, 2.45) is 5.73 Å². The first-order valence-electron chi connectivity index (χ1n) is 13.0. The number of nitrogen functional groups attached to an aromatic ring is 1. The van der Waals surface area contributed by atoms with Crippen molar-refractivity contribution in [1.82, 2.24) is 15.2 Å². The predicted octanol–water partition coefficient (Wildman–Crippen LogP) is 6.19. The van der Waals surface area contributed by atoms with Crippen molar-refractivity contribution in [2.75, 3.05) is 11.5 Å². The number of rotatable bonds is 10. The van der Waals surface area contributed by atoms with E-state index in [4.69, 9.17) is 30.5 Å². The number of aromatic amines is 1. The van der Waals surface area contributed by atoms with Gasteiger partial charge in [-0.3, -0.25) is 10.5 Å². The molecule has 0 atom stereocenters. The Kier molecular flexibility index (Phi) is 10.8. The fourth-order valence-corrected chi connectivity index (χ4v) is 3.76. The van der Waals surface area contributed by atoms with Crippen LogP contribution in [0.1, 0.15) is 32.2 Å². The van der Waals surface area contributed by atoms with E-state index in [1.165, 1.54) is 12.1 Å². The van der Waals surface area contributed by atoms with Gasteiger partial charge in [0, 0.05) is 23.4 Å². The Bertz CT molecular complexity index is 1590. The highest BCUT2D eigenvalue weighted by Gasteiger charge is 2.38. The van der Waals surface area contributed by atoms with Gasteiger partial charge in [0.2, 0.25) is 0 Å². The summed E-state index contributed by atoms with van der Waals surface area (Å²) in [6, 6.07) is 16.1. The van der Waals surface area contributed by atoms with Gasteiger partial charge in [0.05, 0.1) is 30.5 Å². The van der Waals surface area contributed by atoms with Crippen LogP contribution in [0.5, 0.6) is 11.5 Å². The van der Waals surface area contributed by atoms with Crippen LogP contribution in [0.25, 0.3) is 11.4 Å². The van der Waals surface area contributed by atoms with Crippen LogP contribution in [0.4, 0.5) is 33.3 Å². The van der Waals surface area contributed by atoms with Gasteiger partial charge in [-0.05, 0) is 57.2 Å². The van der Waals surface area contributed by atoms with E-state index in [1.807, 2.05) is 20.8 Å². The first-order chi connectivity index (χ1) is 20.7. The van der Waals surface area contributed by atoms with E-state index in [9.17, 15) is 17.6 Å². The number of nitrogens with one attached hydrogen (secondary N) is 2. The monoisotopic (exact) mass is 620 g/mol. The minimum atomic E-state index is -5.08. The Balaban J connectivity index is 0.000000676. The molecule has 0 fully saturated rings. The number of benzene rings is 3. The molecule has 234 valence electrons. The van der Waals surface area contributed by atoms with Crippen LogP contribution in [-0.4, -0.2) is 51.0 Å². The second-order valence-electron chi connectivity index (χ2n) is 9.29. The Hall–Kier alpha value is -5.21. The molecular formula is C29H29F5N6O4. The summed E-state index contributed by atoms with van der Waals surface area (Å²) < 4.78 is 73.3. The molecule has 4 aromatic rings. The topological polar surface area (TPSA) is 150 Å². The summed E-state index contributed by atoms with van der Waals surface area (Å²) in [4.78, 5) is 15.0. The molecule has 0 aliphatic carbocycles. The van der Waals surface area contributed by atoms with Crippen LogP contribution in [-0.2, 0) is 11.3 Å². The summed E-state index contributed by atoms with van der Waals surface area (Å²) in [5.41, 5.74) is 7.16. The van der Waals surface area contributed by atoms with E-state index in [1.54, 1.807) is 53.4 Å². The van der Waals surface area contributed by atoms with Crippen molar-refractivity contribution in [3.63, 3.8) is 0 Å². The lowest BCUT2D eigenvalue weighted by atomic mass is 10.1. The third kappa shape index (κ3) is 8.65. The molecule has 15 heteroatoms. The Morgan fingerprint density at radius 1 is 1.11 bits per heavy atom. The molecule has 10 nitrogen and oxygen atoms in total. The van der Waals surface area contributed by atoms with Gasteiger partial charge in [-0.2, -0.15) is 18.3 Å². The van der Waals surface area contributed by atoms with Gasteiger partial charge in [-0.15, -0.1) is 0 Å². The largest absolute Gasteiger partial charge is 0.494 e. The number of anilines is 2. The molecule has 0 saturated carbocycles. The number of aliphatic carboxylic acids is 1. The number of aromatic nitrogens is 3. The Labute approximate surface area is 248 Å². The number of carboxylic acid groups (broad SMARTS) is 1. The van der Waals surface area contributed by atoms with E-state index in [0.717, 1.165) is 0 Å². The van der Waals surface area contributed by atoms with Gasteiger partial charge in [-0.1, -0.05) is 12.1 Å². The number of hydrogen-bond acceptors (Lipinski definition) is 7. The van der Waals surface area contributed by atoms with Gasteiger partial charge < -0.3 is 25.2 Å². The van der Waals surface area contributed by atoms with Gasteiger partial charge >= 0.3 is 12.1 Å². The summed E-state index contributed by atoms with van der Waals surface area (Å²) in [5.74, 6) is -2.82. The van der Waals surface area contributed by atoms with Gasteiger partial charge in [0.25, 0.3) is 0 Å². The zero-order valence-electron chi connectivity index (χ0n) is 23.7. The predicted molar refractivity (Wildman–Crippen MR) is 152 cm³/mol. The molecule has 0 unspecified atom stereocenters. The molecule has 0 amide bonds. The lowest BCUT2D eigenvalue weighted by Gasteiger charge is -2.26. The molecule has 0 saturated heterocycles. The number of amidine groups is 1. The summed E-state index contributed by atoms with van der Waals surface area (Å²) in [6.07, 6.45) is -5.35. The number of carboxylic acids is 1. The number of nitrogens with two attached hydrogens (primary N) is 1. The fraction of sp³-hybridized carbons (Fsp3) is 0.241. The van der Waals surface area contributed by atoms with Crippen molar-refractivity contribution < 1.29 is 41.3 Å². The Morgan fingerprint density at radius 2 is 1.75 bits per heavy atom. The number of carbonyl (C=O) groups is 1. The maximum atomic E-state index is 15.9. The summed E-state index contributed by atoms with van der Waals surface area (Å²) in [6.45, 7) is 5.90. The maximum Gasteiger partial charge on any atom is 0.490 e. The second kappa shape index (κ2) is 14.3. The van der Waals surface area contributed by atoms with E-state index in [2.05, 4.69) is 15.2 Å². The van der Waals surface area contributed by atoms with Crippen LogP contribution in [0.15, 0.2) is 60.7 Å². The molecule has 3 aromatic carbocycles. The SMILES string of the molecule is CCOc1cc(OC(C)C)c(F)c(N(Cc2nc(-c3ccccc3F)n[nH]2)c2ccc(C(=N)N)cc2)c1.O=C(O)C(F)(F)F. The lowest BCUT2D eigenvalue weighted by Crippen LogP contribution is -2.21. The molecule has 0 aliphatic heterocycles. The van der Waals surface area contributed by atoms with Gasteiger partial charge in [0.15, 0.2) is 17.4 Å². The third-order valence-corrected chi connectivity index (χ3v) is 5.64. The van der Waals surface area contributed by atoms with Crippen molar-refractivity contribution in [3.05, 3.63) is 83.7 Å². The smallest absolute Gasteiger partial charge is 0.490 e. The molecule has 1 heterocycles. The minimum absolute atomic E-state index is 0.0471. The van der Waals surface area contributed by atoms with Crippen molar-refractivity contribution in [2.45, 2.75) is 39.6 Å². The van der Waals surface area contributed by atoms with Gasteiger partial charge in [-0.25, -0.2) is 18.6 Å². The molecule has 0 aliphatic rings. The number of alkyl halides is 3. The molecular weight excluding hydrogens is 591 g/mol.